The number of benzene rings is 2. The Kier molecular flexibility index (Phi) is 8.71. The first-order chi connectivity index (χ1) is 19.1. The monoisotopic (exact) mass is 698 g/mol. The largest absolute Gasteiger partial charge is 0.352 e. The molecule has 2 aromatic carbocycles. The van der Waals surface area contributed by atoms with Gasteiger partial charge in [-0.15, -0.1) is 11.3 Å². The van der Waals surface area contributed by atoms with Crippen molar-refractivity contribution in [2.45, 2.75) is 56.2 Å². The number of anilines is 1. The summed E-state index contributed by atoms with van der Waals surface area (Å²) in [5.41, 5.74) is 1.69. The molecule has 9 nitrogen and oxygen atoms in total. The van der Waals surface area contributed by atoms with Gasteiger partial charge < -0.3 is 16.0 Å². The fraction of sp³-hybridized carbons (Fsp3) is 0.407. The van der Waals surface area contributed by atoms with E-state index in [9.17, 15) is 22.8 Å². The summed E-state index contributed by atoms with van der Waals surface area (Å²) >= 11 is 2.17. The van der Waals surface area contributed by atoms with Gasteiger partial charge in [0, 0.05) is 29.8 Å². The number of nitrogens with zero attached hydrogens (tertiary/aromatic N) is 1. The molecule has 1 heterocycles. The summed E-state index contributed by atoms with van der Waals surface area (Å²) in [7, 11) is -3.97. The number of aromatic nitrogens is 1. The van der Waals surface area contributed by atoms with Crippen LogP contribution in [0.3, 0.4) is 0 Å². The Balaban J connectivity index is 1.29. The second kappa shape index (κ2) is 12.1. The van der Waals surface area contributed by atoms with Crippen molar-refractivity contribution >= 4 is 73.2 Å². The van der Waals surface area contributed by atoms with Crippen LogP contribution in [0.4, 0.5) is 10.1 Å². The molecule has 2 fully saturated rings. The van der Waals surface area contributed by atoms with Gasteiger partial charge in [0.25, 0.3) is 0 Å². The van der Waals surface area contributed by atoms with E-state index in [-0.39, 0.29) is 34.6 Å². The second-order valence-corrected chi connectivity index (χ2v) is 16.4. The number of thiazole rings is 1. The van der Waals surface area contributed by atoms with Crippen molar-refractivity contribution in [1.29, 1.82) is 0 Å². The van der Waals surface area contributed by atoms with Crippen molar-refractivity contribution in [2.24, 2.45) is 5.92 Å². The van der Waals surface area contributed by atoms with Gasteiger partial charge in [-0.25, -0.2) is 17.8 Å². The van der Waals surface area contributed by atoms with E-state index in [1.165, 1.54) is 40.1 Å². The van der Waals surface area contributed by atoms with E-state index in [0.717, 1.165) is 42.9 Å². The molecule has 0 radical (unpaired) electrons. The Labute approximate surface area is 247 Å². The lowest BCUT2D eigenvalue weighted by molar-refractivity contribution is -0.126. The predicted molar refractivity (Wildman–Crippen MR) is 160 cm³/mol. The van der Waals surface area contributed by atoms with Crippen molar-refractivity contribution < 1.29 is 27.2 Å². The van der Waals surface area contributed by atoms with Gasteiger partial charge in [0.15, 0.2) is 5.25 Å². The van der Waals surface area contributed by atoms with Crippen molar-refractivity contribution in [3.63, 3.8) is 0 Å². The molecule has 13 heteroatoms. The molecule has 2 aliphatic rings. The van der Waals surface area contributed by atoms with E-state index in [2.05, 4.69) is 20.9 Å². The van der Waals surface area contributed by atoms with Crippen LogP contribution in [0.2, 0.25) is 0 Å². The third-order valence-electron chi connectivity index (χ3n) is 6.80. The molecule has 3 aromatic rings. The van der Waals surface area contributed by atoms with Crippen LogP contribution in [-0.4, -0.2) is 43.7 Å². The van der Waals surface area contributed by atoms with Gasteiger partial charge in [0.1, 0.15) is 10.8 Å². The summed E-state index contributed by atoms with van der Waals surface area (Å²) < 4.78 is 40.7. The molecule has 40 heavy (non-hydrogen) atoms. The maximum atomic E-state index is 15.1. The molecular weight excluding hydrogens is 670 g/mol. The fourth-order valence-corrected chi connectivity index (χ4v) is 8.40. The summed E-state index contributed by atoms with van der Waals surface area (Å²) in [6, 6.07) is 9.69. The molecule has 0 bridgehead atoms. The van der Waals surface area contributed by atoms with E-state index in [4.69, 9.17) is 0 Å². The van der Waals surface area contributed by atoms with Crippen LogP contribution in [-0.2, 0) is 21.4 Å². The van der Waals surface area contributed by atoms with Crippen LogP contribution < -0.4 is 16.0 Å². The highest BCUT2D eigenvalue weighted by Gasteiger charge is 2.36. The molecule has 5 rings (SSSR count). The van der Waals surface area contributed by atoms with Crippen LogP contribution in [0.5, 0.6) is 0 Å². The number of amides is 3. The molecule has 3 N–H and O–H groups in total. The molecule has 0 aliphatic heterocycles. The average molecular weight is 699 g/mol. The molecular formula is C27H28FIN4O5S2. The minimum absolute atomic E-state index is 0.0132. The molecule has 2 aliphatic carbocycles. The quantitative estimate of drug-likeness (QED) is 0.184. The van der Waals surface area contributed by atoms with Crippen LogP contribution in [0, 0.1) is 11.7 Å². The van der Waals surface area contributed by atoms with Crippen molar-refractivity contribution in [3.8, 4) is 11.1 Å². The zero-order valence-electron chi connectivity index (χ0n) is 21.4. The lowest BCUT2D eigenvalue weighted by Gasteiger charge is -2.12. The summed E-state index contributed by atoms with van der Waals surface area (Å²) in [6.45, 7) is -0.349. The molecule has 1 unspecified atom stereocenters. The van der Waals surface area contributed by atoms with Crippen LogP contribution in [0.25, 0.3) is 21.3 Å². The summed E-state index contributed by atoms with van der Waals surface area (Å²) in [6.07, 6.45) is 6.72. The third-order valence-corrected chi connectivity index (χ3v) is 10.6. The maximum absolute atomic E-state index is 15.1. The highest BCUT2D eigenvalue weighted by Crippen LogP contribution is 2.37. The first-order valence-electron chi connectivity index (χ1n) is 13.1. The summed E-state index contributed by atoms with van der Waals surface area (Å²) in [4.78, 5) is 41.2. The SMILES string of the molecule is O=C(CCCC1CC1)Nc1ccc(-c2cc3sc(C(C(=O)NCC(=O)NC4CC4)S(=O)(=O)I)nc3cc2F)cc1. The van der Waals surface area contributed by atoms with Gasteiger partial charge in [-0.2, -0.15) is 0 Å². The maximum Gasteiger partial charge on any atom is 0.246 e. The fourth-order valence-electron chi connectivity index (χ4n) is 4.34. The number of rotatable bonds is 12. The Morgan fingerprint density at radius 1 is 1.07 bits per heavy atom. The number of halogens is 2. The minimum Gasteiger partial charge on any atom is -0.352 e. The molecule has 0 saturated heterocycles. The van der Waals surface area contributed by atoms with Crippen LogP contribution in [0.15, 0.2) is 36.4 Å². The van der Waals surface area contributed by atoms with Crippen molar-refractivity contribution in [1.82, 2.24) is 15.6 Å². The molecule has 0 spiro atoms. The van der Waals surface area contributed by atoms with Gasteiger partial charge in [0.05, 0.1) is 38.0 Å². The highest BCUT2D eigenvalue weighted by molar-refractivity contribution is 14.2. The van der Waals surface area contributed by atoms with Gasteiger partial charge in [-0.05, 0) is 55.4 Å². The number of carbonyl (C=O) groups excluding carboxylic acids is 3. The minimum atomic E-state index is -3.97. The van der Waals surface area contributed by atoms with Gasteiger partial charge in [-0.3, -0.25) is 14.4 Å². The Bertz CT molecular complexity index is 1550. The van der Waals surface area contributed by atoms with Crippen LogP contribution >= 0.6 is 32.5 Å². The first-order valence-corrected chi connectivity index (χ1v) is 18.0. The zero-order valence-corrected chi connectivity index (χ0v) is 25.2. The Morgan fingerprint density at radius 2 is 1.80 bits per heavy atom. The average Bonchev–Trinajstić information content (AvgIpc) is 3.82. The van der Waals surface area contributed by atoms with E-state index >= 15 is 4.39 Å². The van der Waals surface area contributed by atoms with Crippen LogP contribution in [0.1, 0.15) is 55.2 Å². The molecule has 2 saturated carbocycles. The number of nitrogens with one attached hydrogen (secondary N) is 3. The third kappa shape index (κ3) is 7.55. The standard InChI is InChI=1S/C27H28FIN4O5S2/c28-20-13-21-22(12-19(20)16-6-8-17(9-7-16)31-23(34)3-1-2-15-4-5-15)39-27(33-21)25(40(29,37)38)26(36)30-14-24(35)32-18-10-11-18/h6-9,12-13,15,18,25H,1-5,10-11,14H2,(H,30,36)(H,31,34)(H,32,35). The van der Waals surface area contributed by atoms with E-state index in [0.29, 0.717) is 22.4 Å². The molecule has 3 amide bonds. The molecule has 1 aromatic heterocycles. The zero-order chi connectivity index (χ0) is 28.4. The topological polar surface area (TPSA) is 134 Å². The number of hydrogen-bond donors (Lipinski definition) is 3. The lowest BCUT2D eigenvalue weighted by Crippen LogP contribution is -2.40. The Morgan fingerprint density at radius 3 is 2.45 bits per heavy atom. The molecule has 212 valence electrons. The predicted octanol–water partition coefficient (Wildman–Crippen LogP) is 4.82. The summed E-state index contributed by atoms with van der Waals surface area (Å²) in [5.74, 6) is -1.09. The first kappa shape index (κ1) is 28.9. The van der Waals surface area contributed by atoms with Crippen molar-refractivity contribution in [2.75, 3.05) is 11.9 Å². The van der Waals surface area contributed by atoms with E-state index < -0.39 is 29.9 Å². The summed E-state index contributed by atoms with van der Waals surface area (Å²) in [5, 5.41) is 6.31. The second-order valence-electron chi connectivity index (χ2n) is 10.2. The van der Waals surface area contributed by atoms with Gasteiger partial charge >= 0.3 is 0 Å². The highest BCUT2D eigenvalue weighted by atomic mass is 127. The normalized spacial score (nSPS) is 15.9. The van der Waals surface area contributed by atoms with Crippen molar-refractivity contribution in [3.05, 3.63) is 47.2 Å². The van der Waals surface area contributed by atoms with E-state index in [1.54, 1.807) is 30.3 Å². The van der Waals surface area contributed by atoms with Gasteiger partial charge in [0.2, 0.25) is 24.7 Å². The Hall–Kier alpha value is -2.65. The van der Waals surface area contributed by atoms with Gasteiger partial charge in [-0.1, -0.05) is 25.0 Å². The number of hydrogen-bond acceptors (Lipinski definition) is 7. The lowest BCUT2D eigenvalue weighted by atomic mass is 10.0. The number of fused-ring (bicyclic) bond motifs is 1. The van der Waals surface area contributed by atoms with E-state index in [1.807, 2.05) is 0 Å². The smallest absolute Gasteiger partial charge is 0.246 e. The number of carbonyl (C=O) groups is 3. The molecule has 1 atom stereocenters.